The molecule has 19 heavy (non-hydrogen) atoms. The van der Waals surface area contributed by atoms with Crippen LogP contribution in [0.3, 0.4) is 0 Å². The van der Waals surface area contributed by atoms with E-state index in [2.05, 4.69) is 30.3 Å². The maximum atomic E-state index is 6.26. The summed E-state index contributed by atoms with van der Waals surface area (Å²) in [5.74, 6) is 0.680. The van der Waals surface area contributed by atoms with E-state index in [4.69, 9.17) is 15.2 Å². The van der Waals surface area contributed by atoms with E-state index in [1.165, 1.54) is 5.56 Å². The zero-order chi connectivity index (χ0) is 13.1. The number of rotatable bonds is 3. The first kappa shape index (κ1) is 13.4. The van der Waals surface area contributed by atoms with Crippen molar-refractivity contribution in [2.24, 2.45) is 5.73 Å². The second-order valence-electron chi connectivity index (χ2n) is 5.35. The fraction of sp³-hybridized carbons (Fsp3) is 0.600. The minimum Gasteiger partial charge on any atom is -0.347 e. The Hall–Kier alpha value is -0.550. The first-order valence-electron chi connectivity index (χ1n) is 6.96. The average molecular weight is 279 g/mol. The predicted octanol–water partition coefficient (Wildman–Crippen LogP) is 2.54. The average Bonchev–Trinajstić information content (AvgIpc) is 2.90. The molecular formula is C15H21NO2S. The lowest BCUT2D eigenvalue weighted by Crippen LogP contribution is -2.47. The lowest BCUT2D eigenvalue weighted by Gasteiger charge is -2.39. The summed E-state index contributed by atoms with van der Waals surface area (Å²) >= 11 is 1.93. The van der Waals surface area contributed by atoms with E-state index in [9.17, 15) is 0 Å². The summed E-state index contributed by atoms with van der Waals surface area (Å²) in [5.41, 5.74) is 7.62. The second-order valence-corrected chi connectivity index (χ2v) is 6.58. The molecule has 0 amide bonds. The molecule has 2 aliphatic rings. The number of thioether (sulfide) groups is 1. The molecule has 2 atom stereocenters. The fourth-order valence-corrected chi connectivity index (χ4v) is 4.21. The van der Waals surface area contributed by atoms with Crippen LogP contribution in [-0.4, -0.2) is 30.3 Å². The van der Waals surface area contributed by atoms with Crippen molar-refractivity contribution in [2.45, 2.75) is 42.1 Å². The zero-order valence-electron chi connectivity index (χ0n) is 11.1. The van der Waals surface area contributed by atoms with E-state index in [0.717, 1.165) is 38.2 Å². The maximum absolute atomic E-state index is 6.26. The Morgan fingerprint density at radius 1 is 1.21 bits per heavy atom. The van der Waals surface area contributed by atoms with Crippen LogP contribution in [0.25, 0.3) is 0 Å². The third-order valence-corrected chi connectivity index (χ3v) is 5.41. The molecule has 2 N–H and O–H groups in total. The Kier molecular flexibility index (Phi) is 4.12. The molecule has 4 heteroatoms. The lowest BCUT2D eigenvalue weighted by molar-refractivity contribution is -0.176. The van der Waals surface area contributed by atoms with Crippen molar-refractivity contribution in [2.75, 3.05) is 13.2 Å². The van der Waals surface area contributed by atoms with Gasteiger partial charge in [-0.1, -0.05) is 30.3 Å². The van der Waals surface area contributed by atoms with Crippen molar-refractivity contribution < 1.29 is 9.47 Å². The van der Waals surface area contributed by atoms with Crippen LogP contribution in [0.4, 0.5) is 0 Å². The summed E-state index contributed by atoms with van der Waals surface area (Å²) in [7, 11) is 0. The molecule has 1 spiro atoms. The van der Waals surface area contributed by atoms with Gasteiger partial charge in [0.05, 0.1) is 13.2 Å². The molecular weight excluding hydrogens is 258 g/mol. The molecule has 104 valence electrons. The van der Waals surface area contributed by atoms with Crippen LogP contribution in [0.5, 0.6) is 0 Å². The molecule has 1 aromatic rings. The first-order chi connectivity index (χ1) is 9.27. The lowest BCUT2D eigenvalue weighted by atomic mass is 9.90. The van der Waals surface area contributed by atoms with Crippen LogP contribution in [-0.2, 0) is 15.2 Å². The van der Waals surface area contributed by atoms with Gasteiger partial charge in [0.15, 0.2) is 5.79 Å². The summed E-state index contributed by atoms with van der Waals surface area (Å²) < 4.78 is 11.6. The van der Waals surface area contributed by atoms with Gasteiger partial charge in [0, 0.05) is 29.9 Å². The van der Waals surface area contributed by atoms with Crippen molar-refractivity contribution in [1.82, 2.24) is 0 Å². The van der Waals surface area contributed by atoms with E-state index in [0.29, 0.717) is 5.25 Å². The Labute approximate surface area is 118 Å². The largest absolute Gasteiger partial charge is 0.347 e. The SMILES string of the molecule is NC1CCC2(CC1SCc1ccccc1)OCCO2. The van der Waals surface area contributed by atoms with Gasteiger partial charge in [0.1, 0.15) is 0 Å². The number of nitrogens with two attached hydrogens (primary N) is 1. The molecule has 2 unspecified atom stereocenters. The van der Waals surface area contributed by atoms with Gasteiger partial charge < -0.3 is 15.2 Å². The molecule has 0 radical (unpaired) electrons. The van der Waals surface area contributed by atoms with Gasteiger partial charge >= 0.3 is 0 Å². The molecule has 1 aromatic carbocycles. The molecule has 0 aromatic heterocycles. The van der Waals surface area contributed by atoms with E-state index >= 15 is 0 Å². The van der Waals surface area contributed by atoms with Crippen molar-refractivity contribution in [3.8, 4) is 0 Å². The van der Waals surface area contributed by atoms with Crippen LogP contribution < -0.4 is 5.73 Å². The Bertz CT molecular complexity index is 406. The van der Waals surface area contributed by atoms with E-state index in [1.807, 2.05) is 11.8 Å². The molecule has 2 fully saturated rings. The third kappa shape index (κ3) is 3.14. The number of hydrogen-bond acceptors (Lipinski definition) is 4. The number of ether oxygens (including phenoxy) is 2. The van der Waals surface area contributed by atoms with Crippen molar-refractivity contribution in [1.29, 1.82) is 0 Å². The summed E-state index contributed by atoms with van der Waals surface area (Å²) in [4.78, 5) is 0. The number of benzene rings is 1. The van der Waals surface area contributed by atoms with E-state index in [-0.39, 0.29) is 11.8 Å². The highest BCUT2D eigenvalue weighted by Crippen LogP contribution is 2.40. The maximum Gasteiger partial charge on any atom is 0.169 e. The van der Waals surface area contributed by atoms with Gasteiger partial charge in [0.2, 0.25) is 0 Å². The van der Waals surface area contributed by atoms with Gasteiger partial charge in [-0.3, -0.25) is 0 Å². The van der Waals surface area contributed by atoms with Crippen LogP contribution >= 0.6 is 11.8 Å². The summed E-state index contributed by atoms with van der Waals surface area (Å²) in [6.07, 6.45) is 2.86. The van der Waals surface area contributed by atoms with Crippen LogP contribution in [0.2, 0.25) is 0 Å². The molecule has 3 rings (SSSR count). The number of hydrogen-bond donors (Lipinski definition) is 1. The quantitative estimate of drug-likeness (QED) is 0.923. The first-order valence-corrected chi connectivity index (χ1v) is 8.01. The highest BCUT2D eigenvalue weighted by atomic mass is 32.2. The molecule has 1 saturated carbocycles. The molecule has 3 nitrogen and oxygen atoms in total. The smallest absolute Gasteiger partial charge is 0.169 e. The second kappa shape index (κ2) is 5.83. The monoisotopic (exact) mass is 279 g/mol. The highest BCUT2D eigenvalue weighted by Gasteiger charge is 2.44. The van der Waals surface area contributed by atoms with E-state index in [1.54, 1.807) is 0 Å². The van der Waals surface area contributed by atoms with Gasteiger partial charge in [0.25, 0.3) is 0 Å². The Balaban J connectivity index is 1.59. The zero-order valence-corrected chi connectivity index (χ0v) is 11.9. The van der Waals surface area contributed by atoms with Crippen molar-refractivity contribution in [3.63, 3.8) is 0 Å². The topological polar surface area (TPSA) is 44.5 Å². The van der Waals surface area contributed by atoms with Crippen LogP contribution in [0.15, 0.2) is 30.3 Å². The standard InChI is InChI=1S/C15H21NO2S/c16-13-6-7-15(17-8-9-18-15)10-14(13)19-11-12-4-2-1-3-5-12/h1-5,13-14H,6-11,16H2. The van der Waals surface area contributed by atoms with Crippen LogP contribution in [0, 0.1) is 0 Å². The van der Waals surface area contributed by atoms with Crippen molar-refractivity contribution in [3.05, 3.63) is 35.9 Å². The minimum absolute atomic E-state index is 0.257. The fourth-order valence-electron chi connectivity index (χ4n) is 2.85. The molecule has 0 bridgehead atoms. The summed E-state index contributed by atoms with van der Waals surface area (Å²) in [6, 6.07) is 10.8. The molecule has 1 heterocycles. The van der Waals surface area contributed by atoms with Crippen LogP contribution in [0.1, 0.15) is 24.8 Å². The molecule has 1 aliphatic heterocycles. The van der Waals surface area contributed by atoms with Gasteiger partial charge in [-0.05, 0) is 12.0 Å². The van der Waals surface area contributed by atoms with Gasteiger partial charge in [-0.25, -0.2) is 0 Å². The Morgan fingerprint density at radius 2 is 1.95 bits per heavy atom. The minimum atomic E-state index is -0.329. The van der Waals surface area contributed by atoms with Gasteiger partial charge in [-0.15, -0.1) is 0 Å². The Morgan fingerprint density at radius 3 is 2.68 bits per heavy atom. The van der Waals surface area contributed by atoms with Gasteiger partial charge in [-0.2, -0.15) is 11.8 Å². The predicted molar refractivity (Wildman–Crippen MR) is 78.0 cm³/mol. The molecule has 1 aliphatic carbocycles. The third-order valence-electron chi connectivity index (χ3n) is 3.97. The summed E-state index contributed by atoms with van der Waals surface area (Å²) in [6.45, 7) is 1.45. The van der Waals surface area contributed by atoms with Crippen molar-refractivity contribution >= 4 is 11.8 Å². The molecule has 1 saturated heterocycles. The summed E-state index contributed by atoms with van der Waals surface area (Å²) in [5, 5.41) is 0.423. The van der Waals surface area contributed by atoms with E-state index < -0.39 is 0 Å². The normalized spacial score (nSPS) is 29.7. The highest BCUT2D eigenvalue weighted by molar-refractivity contribution is 7.99.